The Labute approximate surface area is 209 Å². The Kier molecular flexibility index (Phi) is 12.1. The topological polar surface area (TPSA) is 84.4 Å². The second-order valence-electron chi connectivity index (χ2n) is 8.91. The second kappa shape index (κ2) is 13.7. The maximum atomic E-state index is 12.0. The number of hydrogen-bond acceptors (Lipinski definition) is 5. The van der Waals surface area contributed by atoms with Gasteiger partial charge in [0.1, 0.15) is 11.4 Å². The summed E-state index contributed by atoms with van der Waals surface area (Å²) in [5, 5.41) is 6.54. The highest BCUT2D eigenvalue weighted by Gasteiger charge is 2.19. The van der Waals surface area contributed by atoms with Crippen molar-refractivity contribution >= 4 is 36.0 Å². The third-order valence-electron chi connectivity index (χ3n) is 4.84. The number of hydrogen-bond donors (Lipinski definition) is 2. The Bertz CT molecular complexity index is 746. The molecule has 1 aromatic rings. The third kappa shape index (κ3) is 10.2. The second-order valence-corrected chi connectivity index (χ2v) is 8.91. The smallest absolute Gasteiger partial charge is 0.410 e. The van der Waals surface area contributed by atoms with Crippen LogP contribution >= 0.6 is 24.0 Å². The SMILES string of the molecule is CN=C(NCCN(C)C(=O)OC(C)(C)C)NCc1ccc(C)cc1OCC1CCOC1.I. The molecule has 1 saturated heterocycles. The van der Waals surface area contributed by atoms with Crippen LogP contribution < -0.4 is 15.4 Å². The van der Waals surface area contributed by atoms with Gasteiger partial charge in [0.15, 0.2) is 5.96 Å². The average molecular weight is 562 g/mol. The van der Waals surface area contributed by atoms with E-state index < -0.39 is 5.60 Å². The minimum atomic E-state index is -0.505. The molecule has 9 heteroatoms. The lowest BCUT2D eigenvalue weighted by Gasteiger charge is -2.25. The summed E-state index contributed by atoms with van der Waals surface area (Å²) in [6.07, 6.45) is 0.708. The number of carbonyl (C=O) groups excluding carboxylic acids is 1. The van der Waals surface area contributed by atoms with Crippen LogP contribution in [0.2, 0.25) is 0 Å². The van der Waals surface area contributed by atoms with Gasteiger partial charge >= 0.3 is 6.09 Å². The van der Waals surface area contributed by atoms with Crippen molar-refractivity contribution in [2.24, 2.45) is 10.9 Å². The number of amides is 1. The van der Waals surface area contributed by atoms with Crippen molar-refractivity contribution in [3.05, 3.63) is 29.3 Å². The normalized spacial score (nSPS) is 16.2. The molecule has 0 radical (unpaired) electrons. The van der Waals surface area contributed by atoms with E-state index in [1.807, 2.05) is 20.8 Å². The van der Waals surface area contributed by atoms with E-state index in [1.54, 1.807) is 19.0 Å². The molecule has 1 atom stereocenters. The molecular weight excluding hydrogens is 523 g/mol. The van der Waals surface area contributed by atoms with Gasteiger partial charge in [-0.25, -0.2) is 4.79 Å². The van der Waals surface area contributed by atoms with Gasteiger partial charge in [0, 0.05) is 51.8 Å². The number of nitrogens with one attached hydrogen (secondary N) is 2. The van der Waals surface area contributed by atoms with Crippen molar-refractivity contribution < 1.29 is 19.0 Å². The number of likely N-dealkylation sites (N-methyl/N-ethyl adjacent to an activating group) is 1. The molecule has 1 aromatic carbocycles. The predicted molar refractivity (Wildman–Crippen MR) is 138 cm³/mol. The third-order valence-corrected chi connectivity index (χ3v) is 4.84. The van der Waals surface area contributed by atoms with Gasteiger partial charge in [-0.05, 0) is 45.7 Å². The summed E-state index contributed by atoms with van der Waals surface area (Å²) in [4.78, 5) is 17.9. The van der Waals surface area contributed by atoms with Crippen molar-refractivity contribution in [3.8, 4) is 5.75 Å². The first-order valence-corrected chi connectivity index (χ1v) is 10.9. The van der Waals surface area contributed by atoms with Crippen molar-refractivity contribution in [3.63, 3.8) is 0 Å². The van der Waals surface area contributed by atoms with Crippen LogP contribution in [-0.2, 0) is 16.0 Å². The summed E-state index contributed by atoms with van der Waals surface area (Å²) in [5.41, 5.74) is 1.72. The van der Waals surface area contributed by atoms with Gasteiger partial charge < -0.3 is 29.7 Å². The van der Waals surface area contributed by atoms with Crippen LogP contribution in [0.3, 0.4) is 0 Å². The fourth-order valence-electron chi connectivity index (χ4n) is 3.04. The Hall–Kier alpha value is -1.75. The summed E-state index contributed by atoms with van der Waals surface area (Å²) in [5.74, 6) is 2.01. The van der Waals surface area contributed by atoms with Crippen LogP contribution in [0.15, 0.2) is 23.2 Å². The first-order valence-electron chi connectivity index (χ1n) is 10.9. The molecule has 32 heavy (non-hydrogen) atoms. The van der Waals surface area contributed by atoms with E-state index in [9.17, 15) is 4.79 Å². The van der Waals surface area contributed by atoms with Crippen LogP contribution in [0, 0.1) is 12.8 Å². The number of benzene rings is 1. The van der Waals surface area contributed by atoms with Gasteiger partial charge in [-0.15, -0.1) is 24.0 Å². The monoisotopic (exact) mass is 562 g/mol. The van der Waals surface area contributed by atoms with Gasteiger partial charge in [-0.2, -0.15) is 0 Å². The highest BCUT2D eigenvalue weighted by molar-refractivity contribution is 14.0. The van der Waals surface area contributed by atoms with E-state index in [0.29, 0.717) is 38.1 Å². The van der Waals surface area contributed by atoms with E-state index >= 15 is 0 Å². The lowest BCUT2D eigenvalue weighted by atomic mass is 10.1. The van der Waals surface area contributed by atoms with Crippen LogP contribution in [-0.4, -0.2) is 69.6 Å². The van der Waals surface area contributed by atoms with Crippen molar-refractivity contribution in [1.29, 1.82) is 0 Å². The van der Waals surface area contributed by atoms with E-state index in [1.165, 1.54) is 0 Å². The van der Waals surface area contributed by atoms with Gasteiger partial charge in [-0.3, -0.25) is 4.99 Å². The number of ether oxygens (including phenoxy) is 3. The molecule has 0 spiro atoms. The zero-order valence-corrected chi connectivity index (χ0v) is 22.5. The van der Waals surface area contributed by atoms with E-state index in [2.05, 4.69) is 40.7 Å². The van der Waals surface area contributed by atoms with Gasteiger partial charge in [-0.1, -0.05) is 12.1 Å². The van der Waals surface area contributed by atoms with Crippen LogP contribution in [0.25, 0.3) is 0 Å². The molecule has 1 fully saturated rings. The number of aliphatic imine (C=N–C) groups is 1. The van der Waals surface area contributed by atoms with Crippen molar-refractivity contribution in [1.82, 2.24) is 15.5 Å². The Morgan fingerprint density at radius 1 is 1.31 bits per heavy atom. The molecule has 8 nitrogen and oxygen atoms in total. The molecule has 2 rings (SSSR count). The van der Waals surface area contributed by atoms with Crippen molar-refractivity contribution in [2.75, 3.05) is 47.0 Å². The Balaban J connectivity index is 0.00000512. The standard InChI is InChI=1S/C23H38N4O4.HI/c1-17-7-8-19(20(13-17)30-16-18-9-12-29-15-18)14-26-21(24-5)25-10-11-27(6)22(28)31-23(2,3)4;/h7-8,13,18H,9-12,14-16H2,1-6H3,(H2,24,25,26);1H. The lowest BCUT2D eigenvalue weighted by molar-refractivity contribution is 0.0302. The van der Waals surface area contributed by atoms with Crippen LogP contribution in [0.1, 0.15) is 38.3 Å². The van der Waals surface area contributed by atoms with Crippen molar-refractivity contribution in [2.45, 2.75) is 46.3 Å². The maximum absolute atomic E-state index is 12.0. The maximum Gasteiger partial charge on any atom is 0.410 e. The van der Waals surface area contributed by atoms with E-state index in [-0.39, 0.29) is 30.1 Å². The highest BCUT2D eigenvalue weighted by Crippen LogP contribution is 2.22. The first kappa shape index (κ1) is 28.3. The summed E-state index contributed by atoms with van der Waals surface area (Å²) >= 11 is 0. The molecule has 0 bridgehead atoms. The minimum Gasteiger partial charge on any atom is -0.493 e. The summed E-state index contributed by atoms with van der Waals surface area (Å²) in [6.45, 7) is 11.5. The van der Waals surface area contributed by atoms with Gasteiger partial charge in [0.2, 0.25) is 0 Å². The molecule has 2 N–H and O–H groups in total. The summed E-state index contributed by atoms with van der Waals surface area (Å²) in [6, 6.07) is 6.22. The van der Waals surface area contributed by atoms with E-state index in [4.69, 9.17) is 14.2 Å². The molecule has 0 aromatic heterocycles. The highest BCUT2D eigenvalue weighted by atomic mass is 127. The Morgan fingerprint density at radius 3 is 2.69 bits per heavy atom. The molecule has 1 aliphatic rings. The van der Waals surface area contributed by atoms with Crippen LogP contribution in [0.4, 0.5) is 4.79 Å². The molecule has 0 aliphatic carbocycles. The minimum absolute atomic E-state index is 0. The molecule has 1 aliphatic heterocycles. The molecule has 182 valence electrons. The largest absolute Gasteiger partial charge is 0.493 e. The van der Waals surface area contributed by atoms with Gasteiger partial charge in [0.25, 0.3) is 0 Å². The number of nitrogens with zero attached hydrogens (tertiary/aromatic N) is 2. The first-order chi connectivity index (χ1) is 14.7. The molecule has 0 saturated carbocycles. The zero-order valence-electron chi connectivity index (χ0n) is 20.2. The molecule has 1 amide bonds. The number of carbonyl (C=O) groups is 1. The number of guanidine groups is 1. The molecular formula is C23H39IN4O4. The number of rotatable bonds is 8. The zero-order chi connectivity index (χ0) is 22.9. The molecule has 1 unspecified atom stereocenters. The average Bonchev–Trinajstić information content (AvgIpc) is 3.22. The fourth-order valence-corrected chi connectivity index (χ4v) is 3.04. The van der Waals surface area contributed by atoms with E-state index in [0.717, 1.165) is 36.5 Å². The predicted octanol–water partition coefficient (Wildman–Crippen LogP) is 3.56. The Morgan fingerprint density at radius 2 is 2.06 bits per heavy atom. The summed E-state index contributed by atoms with van der Waals surface area (Å²) in [7, 11) is 3.44. The lowest BCUT2D eigenvalue weighted by Crippen LogP contribution is -2.42. The number of halogens is 1. The van der Waals surface area contributed by atoms with Crippen LogP contribution in [0.5, 0.6) is 5.75 Å². The summed E-state index contributed by atoms with van der Waals surface area (Å²) < 4.78 is 16.9. The molecule has 1 heterocycles. The quantitative estimate of drug-likeness (QED) is 0.287. The number of aryl methyl sites for hydroxylation is 1. The fraction of sp³-hybridized carbons (Fsp3) is 0.652. The van der Waals surface area contributed by atoms with Gasteiger partial charge in [0.05, 0.1) is 13.2 Å².